The molecule has 21 heavy (non-hydrogen) atoms. The number of nitrogens with zero attached hydrogens (tertiary/aromatic N) is 2. The monoisotopic (exact) mass is 286 g/mol. The van der Waals surface area contributed by atoms with Crippen LogP contribution in [0.2, 0.25) is 0 Å². The van der Waals surface area contributed by atoms with Crippen molar-refractivity contribution in [2.24, 2.45) is 0 Å². The van der Waals surface area contributed by atoms with Crippen LogP contribution in [0.15, 0.2) is 24.3 Å². The number of aryl methyl sites for hydroxylation is 1. The van der Waals surface area contributed by atoms with E-state index in [4.69, 9.17) is 0 Å². The Kier molecular flexibility index (Phi) is 4.41. The molecule has 0 radical (unpaired) electrons. The van der Waals surface area contributed by atoms with E-state index in [9.17, 15) is 4.79 Å². The highest BCUT2D eigenvalue weighted by Crippen LogP contribution is 2.28. The predicted molar refractivity (Wildman–Crippen MR) is 85.8 cm³/mol. The third kappa shape index (κ3) is 3.19. The van der Waals surface area contributed by atoms with Crippen molar-refractivity contribution < 1.29 is 4.79 Å². The summed E-state index contributed by atoms with van der Waals surface area (Å²) in [5, 5.41) is 0. The second kappa shape index (κ2) is 6.29. The van der Waals surface area contributed by atoms with E-state index in [1.54, 1.807) is 0 Å². The molecule has 2 aliphatic heterocycles. The Labute approximate surface area is 127 Å². The highest BCUT2D eigenvalue weighted by Gasteiger charge is 2.34. The van der Waals surface area contributed by atoms with Crippen LogP contribution in [0, 0.1) is 6.92 Å². The molecule has 0 aromatic heterocycles. The maximum atomic E-state index is 12.4. The number of hydrogen-bond acceptors (Lipinski definition) is 3. The lowest BCUT2D eigenvalue weighted by molar-refractivity contribution is 0.0960. The summed E-state index contributed by atoms with van der Waals surface area (Å²) in [6.07, 6.45) is 4.58. The average molecular weight is 286 g/mol. The number of likely N-dealkylation sites (N-methyl/N-ethyl adjacent to an activating group) is 1. The molecule has 0 saturated carbocycles. The molecule has 2 heterocycles. The Morgan fingerprint density at radius 1 is 1.19 bits per heavy atom. The van der Waals surface area contributed by atoms with Gasteiger partial charge >= 0.3 is 0 Å². The van der Waals surface area contributed by atoms with E-state index in [-0.39, 0.29) is 5.78 Å². The Morgan fingerprint density at radius 3 is 2.76 bits per heavy atom. The number of ketones is 1. The van der Waals surface area contributed by atoms with Gasteiger partial charge in [0.15, 0.2) is 5.78 Å². The Balaban J connectivity index is 1.56. The summed E-state index contributed by atoms with van der Waals surface area (Å²) in [6.45, 7) is 5.21. The summed E-state index contributed by atoms with van der Waals surface area (Å²) in [5.41, 5.74) is 1.99. The average Bonchev–Trinajstić information content (AvgIpc) is 2.72. The lowest BCUT2D eigenvalue weighted by atomic mass is 10.0. The molecule has 3 heteroatoms. The summed E-state index contributed by atoms with van der Waals surface area (Å²) in [4.78, 5) is 17.4. The standard InChI is InChI=1S/C18H26N2O/c1-14-5-3-4-6-17(14)18(21)10-12-20-11-9-15-7-8-16(13-20)19(15)2/h3-6,15-16H,7-13H2,1-2H3. The zero-order valence-electron chi connectivity index (χ0n) is 13.2. The van der Waals surface area contributed by atoms with Crippen molar-refractivity contribution in [1.29, 1.82) is 0 Å². The smallest absolute Gasteiger partial charge is 0.164 e. The minimum absolute atomic E-state index is 0.288. The van der Waals surface area contributed by atoms with Gasteiger partial charge in [0.25, 0.3) is 0 Å². The minimum atomic E-state index is 0.288. The Bertz CT molecular complexity index is 514. The maximum absolute atomic E-state index is 12.4. The minimum Gasteiger partial charge on any atom is -0.301 e. The van der Waals surface area contributed by atoms with Crippen molar-refractivity contribution in [2.45, 2.75) is 44.7 Å². The highest BCUT2D eigenvalue weighted by atomic mass is 16.1. The van der Waals surface area contributed by atoms with Crippen LogP contribution in [-0.2, 0) is 0 Å². The van der Waals surface area contributed by atoms with Gasteiger partial charge in [-0.1, -0.05) is 24.3 Å². The first-order valence-electron chi connectivity index (χ1n) is 8.18. The van der Waals surface area contributed by atoms with Crippen molar-refractivity contribution in [2.75, 3.05) is 26.7 Å². The van der Waals surface area contributed by atoms with E-state index < -0.39 is 0 Å². The van der Waals surface area contributed by atoms with Crippen molar-refractivity contribution >= 4 is 5.78 Å². The summed E-state index contributed by atoms with van der Waals surface area (Å²) in [6, 6.07) is 9.40. The summed E-state index contributed by atoms with van der Waals surface area (Å²) in [5.74, 6) is 0.288. The molecule has 2 saturated heterocycles. The lowest BCUT2D eigenvalue weighted by Gasteiger charge is -2.25. The van der Waals surface area contributed by atoms with Gasteiger partial charge in [0.1, 0.15) is 0 Å². The normalized spacial score (nSPS) is 26.8. The second-order valence-corrected chi connectivity index (χ2v) is 6.63. The molecule has 2 bridgehead atoms. The van der Waals surface area contributed by atoms with Crippen LogP contribution in [0.4, 0.5) is 0 Å². The Morgan fingerprint density at radius 2 is 1.95 bits per heavy atom. The Hall–Kier alpha value is -1.19. The molecule has 2 aliphatic rings. The third-order valence-electron chi connectivity index (χ3n) is 5.33. The highest BCUT2D eigenvalue weighted by molar-refractivity contribution is 5.97. The summed E-state index contributed by atoms with van der Waals surface area (Å²) in [7, 11) is 2.27. The molecule has 114 valence electrons. The van der Waals surface area contributed by atoms with E-state index >= 15 is 0 Å². The van der Waals surface area contributed by atoms with Crippen LogP contribution in [0.25, 0.3) is 0 Å². The zero-order chi connectivity index (χ0) is 14.8. The van der Waals surface area contributed by atoms with Gasteiger partial charge in [0, 0.05) is 37.2 Å². The molecule has 3 rings (SSSR count). The van der Waals surface area contributed by atoms with E-state index in [0.29, 0.717) is 12.5 Å². The number of likely N-dealkylation sites (tertiary alicyclic amines) is 1. The molecular weight excluding hydrogens is 260 g/mol. The van der Waals surface area contributed by atoms with Crippen molar-refractivity contribution in [3.63, 3.8) is 0 Å². The number of hydrogen-bond donors (Lipinski definition) is 0. The fraction of sp³-hybridized carbons (Fsp3) is 0.611. The fourth-order valence-corrected chi connectivity index (χ4v) is 3.86. The first-order valence-corrected chi connectivity index (χ1v) is 8.18. The largest absolute Gasteiger partial charge is 0.301 e. The van der Waals surface area contributed by atoms with E-state index in [0.717, 1.165) is 36.8 Å². The number of carbonyl (C=O) groups excluding carboxylic acids is 1. The van der Waals surface area contributed by atoms with Crippen LogP contribution in [0.5, 0.6) is 0 Å². The second-order valence-electron chi connectivity index (χ2n) is 6.63. The number of fused-ring (bicyclic) bond motifs is 2. The fourth-order valence-electron chi connectivity index (χ4n) is 3.86. The molecule has 2 atom stereocenters. The SMILES string of the molecule is Cc1ccccc1C(=O)CCN1CCC2CCC(C1)N2C. The van der Waals surface area contributed by atoms with Crippen molar-refractivity contribution in [1.82, 2.24) is 9.80 Å². The zero-order valence-corrected chi connectivity index (χ0v) is 13.2. The molecule has 0 amide bonds. The van der Waals surface area contributed by atoms with Gasteiger partial charge in [-0.2, -0.15) is 0 Å². The molecule has 1 aromatic rings. The van der Waals surface area contributed by atoms with Gasteiger partial charge in [0.05, 0.1) is 0 Å². The van der Waals surface area contributed by atoms with Gasteiger partial charge in [-0.15, -0.1) is 0 Å². The van der Waals surface area contributed by atoms with Crippen LogP contribution >= 0.6 is 0 Å². The molecular formula is C18H26N2O. The topological polar surface area (TPSA) is 23.6 Å². The van der Waals surface area contributed by atoms with Gasteiger partial charge < -0.3 is 4.90 Å². The quantitative estimate of drug-likeness (QED) is 0.795. The first-order chi connectivity index (χ1) is 10.1. The predicted octanol–water partition coefficient (Wildman–Crippen LogP) is 2.74. The van der Waals surface area contributed by atoms with Crippen molar-refractivity contribution in [3.8, 4) is 0 Å². The van der Waals surface area contributed by atoms with E-state index in [1.165, 1.54) is 19.3 Å². The van der Waals surface area contributed by atoms with Crippen LogP contribution < -0.4 is 0 Å². The molecule has 2 fully saturated rings. The van der Waals surface area contributed by atoms with Gasteiger partial charge in [-0.25, -0.2) is 0 Å². The molecule has 0 N–H and O–H groups in total. The van der Waals surface area contributed by atoms with Crippen LogP contribution in [-0.4, -0.2) is 54.3 Å². The van der Waals surface area contributed by atoms with E-state index in [2.05, 4.69) is 16.8 Å². The summed E-state index contributed by atoms with van der Waals surface area (Å²) >= 11 is 0. The van der Waals surface area contributed by atoms with Gasteiger partial charge in [-0.3, -0.25) is 9.69 Å². The van der Waals surface area contributed by atoms with Gasteiger partial charge in [0.2, 0.25) is 0 Å². The third-order valence-corrected chi connectivity index (χ3v) is 5.33. The summed E-state index contributed by atoms with van der Waals surface area (Å²) < 4.78 is 0. The number of rotatable bonds is 4. The molecule has 2 unspecified atom stereocenters. The first kappa shape index (κ1) is 14.7. The van der Waals surface area contributed by atoms with Crippen LogP contribution in [0.1, 0.15) is 41.6 Å². The number of Topliss-reactive ketones (excluding diaryl/α,β-unsaturated/α-hetero) is 1. The van der Waals surface area contributed by atoms with Crippen LogP contribution in [0.3, 0.4) is 0 Å². The van der Waals surface area contributed by atoms with E-state index in [1.807, 2.05) is 31.2 Å². The molecule has 0 spiro atoms. The molecule has 1 aromatic carbocycles. The maximum Gasteiger partial charge on any atom is 0.164 e. The molecule has 3 nitrogen and oxygen atoms in total. The van der Waals surface area contributed by atoms with Gasteiger partial charge in [-0.05, 0) is 45.3 Å². The number of carbonyl (C=O) groups is 1. The molecule has 0 aliphatic carbocycles. The lowest BCUT2D eigenvalue weighted by Crippen LogP contribution is -2.37. The van der Waals surface area contributed by atoms with Crippen molar-refractivity contribution in [3.05, 3.63) is 35.4 Å². The number of benzene rings is 1.